The fraction of sp³-hybridized carbons (Fsp3) is 0.440. The fourth-order valence-corrected chi connectivity index (χ4v) is 4.70. The van der Waals surface area contributed by atoms with E-state index < -0.39 is 0 Å². The van der Waals surface area contributed by atoms with Gasteiger partial charge in [0.2, 0.25) is 0 Å². The number of aromatic nitrogens is 2. The maximum Gasteiger partial charge on any atom is 0.300 e. The van der Waals surface area contributed by atoms with Crippen molar-refractivity contribution in [2.24, 2.45) is 0 Å². The Morgan fingerprint density at radius 2 is 1.94 bits per heavy atom. The zero-order chi connectivity index (χ0) is 23.7. The molecule has 1 fully saturated rings. The number of hydrogen-bond acceptors (Lipinski definition) is 8. The van der Waals surface area contributed by atoms with Gasteiger partial charge in [0.1, 0.15) is 6.61 Å². The standard InChI is InChI=1S/C25H29N3O6/c1-30-15-19-13-27(8-9-33-19)17-5-6-20-21(12-17)26-25-28(24(20)29)18(14-34-25)10-16-4-7-22(31-2)23(11-16)32-3/h4-7,11-12,18-19H,8-10,13-15H2,1-3H3/t18?,19-/m1/s1. The van der Waals surface area contributed by atoms with Crippen LogP contribution in [0.15, 0.2) is 41.2 Å². The molecule has 2 aromatic carbocycles. The van der Waals surface area contributed by atoms with E-state index >= 15 is 0 Å². The van der Waals surface area contributed by atoms with Crippen molar-refractivity contribution in [2.45, 2.75) is 18.6 Å². The van der Waals surface area contributed by atoms with Gasteiger partial charge in [-0.25, -0.2) is 0 Å². The van der Waals surface area contributed by atoms with E-state index in [1.807, 2.05) is 36.4 Å². The van der Waals surface area contributed by atoms with Gasteiger partial charge in [-0.1, -0.05) is 6.07 Å². The summed E-state index contributed by atoms with van der Waals surface area (Å²) in [7, 11) is 4.89. The van der Waals surface area contributed by atoms with E-state index in [2.05, 4.69) is 4.90 Å². The summed E-state index contributed by atoms with van der Waals surface area (Å²) >= 11 is 0. The number of ether oxygens (including phenoxy) is 5. The van der Waals surface area contributed by atoms with Crippen LogP contribution in [0.1, 0.15) is 11.6 Å². The Bertz CT molecular complexity index is 1240. The Hall–Kier alpha value is -3.30. The number of anilines is 1. The lowest BCUT2D eigenvalue weighted by molar-refractivity contribution is -0.0100. The van der Waals surface area contributed by atoms with E-state index in [9.17, 15) is 4.79 Å². The van der Waals surface area contributed by atoms with E-state index in [1.54, 1.807) is 25.9 Å². The number of benzene rings is 2. The molecule has 2 aliphatic rings. The molecule has 2 atom stereocenters. The summed E-state index contributed by atoms with van der Waals surface area (Å²) in [5.41, 5.74) is 2.58. The molecular weight excluding hydrogens is 438 g/mol. The summed E-state index contributed by atoms with van der Waals surface area (Å²) in [6.45, 7) is 3.08. The second kappa shape index (κ2) is 9.52. The summed E-state index contributed by atoms with van der Waals surface area (Å²) < 4.78 is 29.3. The van der Waals surface area contributed by atoms with Gasteiger partial charge in [0.05, 0.1) is 50.5 Å². The van der Waals surface area contributed by atoms with Crippen LogP contribution in [0.3, 0.4) is 0 Å². The van der Waals surface area contributed by atoms with E-state index in [1.165, 1.54) is 0 Å². The predicted octanol–water partition coefficient (Wildman–Crippen LogP) is 2.44. The maximum absolute atomic E-state index is 13.4. The minimum absolute atomic E-state index is 0.0220. The topological polar surface area (TPSA) is 84.3 Å². The van der Waals surface area contributed by atoms with E-state index in [0.717, 1.165) is 24.3 Å². The van der Waals surface area contributed by atoms with Crippen LogP contribution in [0.4, 0.5) is 5.69 Å². The molecule has 1 unspecified atom stereocenters. The van der Waals surface area contributed by atoms with Gasteiger partial charge in [0, 0.05) is 25.9 Å². The molecular formula is C25H29N3O6. The SMILES string of the molecule is COC[C@H]1CN(c2ccc3c(=O)n4c(nc3c2)OCC4Cc2ccc(OC)c(OC)c2)CCO1. The first kappa shape index (κ1) is 22.5. The number of fused-ring (bicyclic) bond motifs is 2. The van der Waals surface area contributed by atoms with Gasteiger partial charge in [-0.3, -0.25) is 9.36 Å². The summed E-state index contributed by atoms with van der Waals surface area (Å²) in [6.07, 6.45) is 0.640. The van der Waals surface area contributed by atoms with Gasteiger partial charge in [-0.15, -0.1) is 0 Å². The van der Waals surface area contributed by atoms with Crippen LogP contribution >= 0.6 is 0 Å². The normalized spacial score (nSPS) is 19.7. The number of rotatable bonds is 7. The third-order valence-corrected chi connectivity index (χ3v) is 6.40. The van der Waals surface area contributed by atoms with Gasteiger partial charge in [0.15, 0.2) is 11.5 Å². The summed E-state index contributed by atoms with van der Waals surface area (Å²) in [6, 6.07) is 11.8. The number of nitrogens with zero attached hydrogens (tertiary/aromatic N) is 3. The molecule has 0 radical (unpaired) electrons. The molecule has 0 spiro atoms. The highest BCUT2D eigenvalue weighted by molar-refractivity contribution is 5.82. The molecule has 3 heterocycles. The number of methoxy groups -OCH3 is 3. The Labute approximate surface area is 197 Å². The number of morpholine rings is 1. The van der Waals surface area contributed by atoms with E-state index in [4.69, 9.17) is 28.7 Å². The lowest BCUT2D eigenvalue weighted by Gasteiger charge is -2.34. The van der Waals surface area contributed by atoms with Crippen molar-refractivity contribution < 1.29 is 23.7 Å². The molecule has 1 saturated heterocycles. The third kappa shape index (κ3) is 4.17. The van der Waals surface area contributed by atoms with Crippen molar-refractivity contribution in [3.05, 3.63) is 52.3 Å². The largest absolute Gasteiger partial charge is 0.493 e. The Balaban J connectivity index is 1.42. The molecule has 5 rings (SSSR count). The minimum atomic E-state index is -0.147. The molecule has 9 nitrogen and oxygen atoms in total. The minimum Gasteiger partial charge on any atom is -0.493 e. The average Bonchev–Trinajstić information content (AvgIpc) is 3.26. The first-order valence-electron chi connectivity index (χ1n) is 11.4. The molecule has 1 aromatic heterocycles. The summed E-state index contributed by atoms with van der Waals surface area (Å²) in [5, 5.41) is 0.581. The predicted molar refractivity (Wildman–Crippen MR) is 128 cm³/mol. The molecule has 0 amide bonds. The maximum atomic E-state index is 13.4. The van der Waals surface area contributed by atoms with Crippen LogP contribution in [0, 0.1) is 0 Å². The van der Waals surface area contributed by atoms with Crippen LogP contribution in [0.25, 0.3) is 10.9 Å². The monoisotopic (exact) mass is 467 g/mol. The van der Waals surface area contributed by atoms with Crippen LogP contribution in [0.2, 0.25) is 0 Å². The van der Waals surface area contributed by atoms with Crippen LogP contribution in [-0.2, 0) is 15.9 Å². The highest BCUT2D eigenvalue weighted by atomic mass is 16.5. The first-order valence-corrected chi connectivity index (χ1v) is 11.4. The third-order valence-electron chi connectivity index (χ3n) is 6.40. The molecule has 9 heteroatoms. The summed E-state index contributed by atoms with van der Waals surface area (Å²) in [4.78, 5) is 20.3. The molecule has 2 aliphatic heterocycles. The second-order valence-electron chi connectivity index (χ2n) is 8.52. The van der Waals surface area contributed by atoms with E-state index in [0.29, 0.717) is 54.7 Å². The number of hydrogen-bond donors (Lipinski definition) is 0. The van der Waals surface area contributed by atoms with Gasteiger partial charge in [0.25, 0.3) is 11.6 Å². The molecule has 180 valence electrons. The van der Waals surface area contributed by atoms with Gasteiger partial charge in [-0.2, -0.15) is 4.98 Å². The quantitative estimate of drug-likeness (QED) is 0.524. The van der Waals surface area contributed by atoms with Gasteiger partial charge >= 0.3 is 0 Å². The molecule has 0 N–H and O–H groups in total. The molecule has 3 aromatic rings. The molecule has 0 aliphatic carbocycles. The van der Waals surface area contributed by atoms with Gasteiger partial charge < -0.3 is 28.6 Å². The highest BCUT2D eigenvalue weighted by Crippen LogP contribution is 2.32. The molecule has 0 saturated carbocycles. The lowest BCUT2D eigenvalue weighted by atomic mass is 10.1. The van der Waals surface area contributed by atoms with Crippen LogP contribution < -0.4 is 24.7 Å². The van der Waals surface area contributed by atoms with Crippen molar-refractivity contribution in [1.29, 1.82) is 0 Å². The van der Waals surface area contributed by atoms with Crippen LogP contribution in [0.5, 0.6) is 17.5 Å². The van der Waals surface area contributed by atoms with Crippen molar-refractivity contribution in [3.8, 4) is 17.5 Å². The van der Waals surface area contributed by atoms with E-state index in [-0.39, 0.29) is 17.7 Å². The lowest BCUT2D eigenvalue weighted by Crippen LogP contribution is -2.44. The smallest absolute Gasteiger partial charge is 0.300 e. The second-order valence-corrected chi connectivity index (χ2v) is 8.52. The average molecular weight is 468 g/mol. The zero-order valence-corrected chi connectivity index (χ0v) is 19.7. The first-order chi connectivity index (χ1) is 16.6. The summed E-state index contributed by atoms with van der Waals surface area (Å²) in [5.74, 6) is 1.33. The Kier molecular flexibility index (Phi) is 6.30. The van der Waals surface area contributed by atoms with Crippen molar-refractivity contribution in [3.63, 3.8) is 0 Å². The fourth-order valence-electron chi connectivity index (χ4n) is 4.70. The molecule has 0 bridgehead atoms. The van der Waals surface area contributed by atoms with Gasteiger partial charge in [-0.05, 0) is 42.3 Å². The van der Waals surface area contributed by atoms with Crippen molar-refractivity contribution in [1.82, 2.24) is 9.55 Å². The molecule has 34 heavy (non-hydrogen) atoms. The Morgan fingerprint density at radius 3 is 2.74 bits per heavy atom. The van der Waals surface area contributed by atoms with Crippen molar-refractivity contribution in [2.75, 3.05) is 59.1 Å². The van der Waals surface area contributed by atoms with Crippen LogP contribution in [-0.4, -0.2) is 69.9 Å². The van der Waals surface area contributed by atoms with Crippen molar-refractivity contribution >= 4 is 16.6 Å². The Morgan fingerprint density at radius 1 is 1.09 bits per heavy atom. The highest BCUT2D eigenvalue weighted by Gasteiger charge is 2.28. The zero-order valence-electron chi connectivity index (χ0n) is 19.7.